The molecule has 0 spiro atoms. The zero-order valence-electron chi connectivity index (χ0n) is 15.4. The largest absolute Gasteiger partial charge is 0.416 e. The predicted molar refractivity (Wildman–Crippen MR) is 102 cm³/mol. The second kappa shape index (κ2) is 9.58. The zero-order valence-corrected chi connectivity index (χ0v) is 15.4. The Morgan fingerprint density at radius 1 is 0.793 bits per heavy atom. The Morgan fingerprint density at radius 3 is 1.86 bits per heavy atom. The van der Waals surface area contributed by atoms with Crippen LogP contribution in [0.25, 0.3) is 0 Å². The molecule has 4 N–H and O–H groups in total. The molecule has 0 aliphatic heterocycles. The van der Waals surface area contributed by atoms with Crippen molar-refractivity contribution in [3.63, 3.8) is 0 Å². The Labute approximate surface area is 164 Å². The first-order valence-corrected chi connectivity index (χ1v) is 8.53. The van der Waals surface area contributed by atoms with Crippen LogP contribution in [-0.2, 0) is 11.0 Å². The second-order valence-corrected chi connectivity index (χ2v) is 5.97. The summed E-state index contributed by atoms with van der Waals surface area (Å²) in [6.07, 6.45) is -4.44. The molecule has 154 valence electrons. The van der Waals surface area contributed by atoms with Crippen molar-refractivity contribution in [3.8, 4) is 0 Å². The van der Waals surface area contributed by atoms with Gasteiger partial charge in [0.25, 0.3) is 5.91 Å². The third-order valence-electron chi connectivity index (χ3n) is 3.63. The van der Waals surface area contributed by atoms with Crippen molar-refractivity contribution in [1.29, 1.82) is 0 Å². The number of anilines is 2. The molecular weight excluding hydrogens is 389 g/mol. The van der Waals surface area contributed by atoms with Crippen molar-refractivity contribution < 1.29 is 27.6 Å². The molecule has 0 heterocycles. The van der Waals surface area contributed by atoms with E-state index in [1.54, 1.807) is 24.3 Å². The van der Waals surface area contributed by atoms with Gasteiger partial charge in [-0.25, -0.2) is 4.79 Å². The van der Waals surface area contributed by atoms with Gasteiger partial charge < -0.3 is 21.3 Å². The molecule has 0 radical (unpaired) electrons. The topological polar surface area (TPSA) is 99.3 Å². The maximum atomic E-state index is 12.5. The molecule has 7 nitrogen and oxygen atoms in total. The summed E-state index contributed by atoms with van der Waals surface area (Å²) in [6.45, 7) is 1.64. The van der Waals surface area contributed by atoms with Crippen LogP contribution in [0.5, 0.6) is 0 Å². The first-order chi connectivity index (χ1) is 13.6. The highest BCUT2D eigenvalue weighted by molar-refractivity contribution is 5.95. The van der Waals surface area contributed by atoms with E-state index in [0.29, 0.717) is 11.3 Å². The third kappa shape index (κ3) is 7.17. The number of carbonyl (C=O) groups is 3. The molecule has 0 aliphatic carbocycles. The van der Waals surface area contributed by atoms with Gasteiger partial charge in [-0.3, -0.25) is 9.59 Å². The lowest BCUT2D eigenvalue weighted by Crippen LogP contribution is -2.36. The van der Waals surface area contributed by atoms with E-state index in [4.69, 9.17) is 0 Å². The van der Waals surface area contributed by atoms with Crippen molar-refractivity contribution in [2.24, 2.45) is 0 Å². The summed E-state index contributed by atoms with van der Waals surface area (Å²) in [5, 5.41) is 10.1. The Balaban J connectivity index is 1.72. The average molecular weight is 408 g/mol. The highest BCUT2D eigenvalue weighted by atomic mass is 19.4. The first kappa shape index (κ1) is 21.7. The second-order valence-electron chi connectivity index (χ2n) is 5.97. The summed E-state index contributed by atoms with van der Waals surface area (Å²) >= 11 is 0. The maximum absolute atomic E-state index is 12.5. The van der Waals surface area contributed by atoms with E-state index in [0.717, 1.165) is 24.3 Å². The summed E-state index contributed by atoms with van der Waals surface area (Å²) in [6, 6.07) is 9.69. The Kier molecular flexibility index (Phi) is 7.18. The highest BCUT2D eigenvalue weighted by Crippen LogP contribution is 2.29. The van der Waals surface area contributed by atoms with E-state index in [2.05, 4.69) is 21.3 Å². The predicted octanol–water partition coefficient (Wildman–Crippen LogP) is 3.22. The number of hydrogen-bond donors (Lipinski definition) is 4. The van der Waals surface area contributed by atoms with Crippen LogP contribution in [0.4, 0.5) is 29.3 Å². The Bertz CT molecular complexity index is 866. The number of urea groups is 1. The van der Waals surface area contributed by atoms with E-state index in [1.807, 2.05) is 0 Å². The van der Waals surface area contributed by atoms with Gasteiger partial charge >= 0.3 is 12.2 Å². The zero-order chi connectivity index (χ0) is 21.4. The van der Waals surface area contributed by atoms with Crippen LogP contribution in [0.3, 0.4) is 0 Å². The van der Waals surface area contributed by atoms with Gasteiger partial charge in [-0.15, -0.1) is 0 Å². The van der Waals surface area contributed by atoms with Crippen LogP contribution in [0.2, 0.25) is 0 Å². The summed E-state index contributed by atoms with van der Waals surface area (Å²) in [7, 11) is 0. The number of benzene rings is 2. The molecule has 0 saturated carbocycles. The number of rotatable bonds is 6. The van der Waals surface area contributed by atoms with Crippen LogP contribution in [-0.4, -0.2) is 30.9 Å². The van der Waals surface area contributed by atoms with Crippen LogP contribution in [0.15, 0.2) is 48.5 Å². The number of amides is 4. The first-order valence-electron chi connectivity index (χ1n) is 8.53. The molecule has 4 amide bonds. The molecule has 29 heavy (non-hydrogen) atoms. The minimum Gasteiger partial charge on any atom is -0.350 e. The molecule has 0 aliphatic rings. The molecule has 0 saturated heterocycles. The SMILES string of the molecule is CC(=O)Nc1ccc(C(=O)NCCNC(=O)Nc2ccc(C(F)(F)F)cc2)cc1. The summed E-state index contributed by atoms with van der Waals surface area (Å²) in [4.78, 5) is 34.7. The van der Waals surface area contributed by atoms with E-state index < -0.39 is 17.8 Å². The molecule has 0 unspecified atom stereocenters. The molecule has 0 bridgehead atoms. The van der Waals surface area contributed by atoms with Gasteiger partial charge in [0, 0.05) is 37.0 Å². The molecule has 0 aromatic heterocycles. The lowest BCUT2D eigenvalue weighted by Gasteiger charge is -2.10. The maximum Gasteiger partial charge on any atom is 0.416 e. The fraction of sp³-hybridized carbons (Fsp3) is 0.211. The quantitative estimate of drug-likeness (QED) is 0.553. The van der Waals surface area contributed by atoms with Gasteiger partial charge in [-0.2, -0.15) is 13.2 Å². The van der Waals surface area contributed by atoms with Gasteiger partial charge in [0.15, 0.2) is 0 Å². The third-order valence-corrected chi connectivity index (χ3v) is 3.63. The van der Waals surface area contributed by atoms with Gasteiger partial charge in [-0.1, -0.05) is 0 Å². The summed E-state index contributed by atoms with van der Waals surface area (Å²) in [5.41, 5.74) is 0.346. The molecule has 10 heteroatoms. The fourth-order valence-corrected chi connectivity index (χ4v) is 2.28. The number of halogens is 3. The van der Waals surface area contributed by atoms with Crippen molar-refractivity contribution in [3.05, 3.63) is 59.7 Å². The molecular formula is C19H19F3N4O3. The Hall–Kier alpha value is -3.56. The number of carbonyl (C=O) groups excluding carboxylic acids is 3. The fourth-order valence-electron chi connectivity index (χ4n) is 2.28. The number of alkyl halides is 3. The van der Waals surface area contributed by atoms with Crippen molar-refractivity contribution >= 4 is 29.2 Å². The number of hydrogen-bond acceptors (Lipinski definition) is 3. The standard InChI is InChI=1S/C19H19F3N4O3/c1-12(27)25-15-6-2-13(3-7-15)17(28)23-10-11-24-18(29)26-16-8-4-14(5-9-16)19(20,21)22/h2-9H,10-11H2,1H3,(H,23,28)(H,25,27)(H2,24,26,29). The molecule has 2 rings (SSSR count). The van der Waals surface area contributed by atoms with E-state index in [9.17, 15) is 27.6 Å². The van der Waals surface area contributed by atoms with Gasteiger partial charge in [0.2, 0.25) is 5.91 Å². The van der Waals surface area contributed by atoms with E-state index >= 15 is 0 Å². The monoisotopic (exact) mass is 408 g/mol. The van der Waals surface area contributed by atoms with Gasteiger partial charge in [0.1, 0.15) is 0 Å². The smallest absolute Gasteiger partial charge is 0.350 e. The van der Waals surface area contributed by atoms with E-state index in [-0.39, 0.29) is 30.6 Å². The van der Waals surface area contributed by atoms with Crippen LogP contribution < -0.4 is 21.3 Å². The lowest BCUT2D eigenvalue weighted by atomic mass is 10.2. The number of nitrogens with one attached hydrogen (secondary N) is 4. The summed E-state index contributed by atoms with van der Waals surface area (Å²) in [5.74, 6) is -0.577. The van der Waals surface area contributed by atoms with Gasteiger partial charge in [0.05, 0.1) is 5.56 Å². The normalized spacial score (nSPS) is 10.8. The van der Waals surface area contributed by atoms with Crippen molar-refractivity contribution in [2.75, 3.05) is 23.7 Å². The summed E-state index contributed by atoms with van der Waals surface area (Å²) < 4.78 is 37.5. The highest BCUT2D eigenvalue weighted by Gasteiger charge is 2.29. The lowest BCUT2D eigenvalue weighted by molar-refractivity contribution is -0.137. The molecule has 2 aromatic rings. The van der Waals surface area contributed by atoms with Crippen LogP contribution in [0, 0.1) is 0 Å². The molecule has 2 aromatic carbocycles. The van der Waals surface area contributed by atoms with Crippen molar-refractivity contribution in [1.82, 2.24) is 10.6 Å². The minimum atomic E-state index is -4.44. The minimum absolute atomic E-state index is 0.113. The van der Waals surface area contributed by atoms with E-state index in [1.165, 1.54) is 6.92 Å². The molecule has 0 atom stereocenters. The van der Waals surface area contributed by atoms with Crippen LogP contribution in [0.1, 0.15) is 22.8 Å². The van der Waals surface area contributed by atoms with Crippen LogP contribution >= 0.6 is 0 Å². The van der Waals surface area contributed by atoms with Gasteiger partial charge in [-0.05, 0) is 48.5 Å². The van der Waals surface area contributed by atoms with Crippen molar-refractivity contribution in [2.45, 2.75) is 13.1 Å². The average Bonchev–Trinajstić information content (AvgIpc) is 2.65. The molecule has 0 fully saturated rings. The Morgan fingerprint density at radius 2 is 1.31 bits per heavy atom.